The number of carbonyl (C=O) groups excluding carboxylic acids is 3. The minimum absolute atomic E-state index is 0.265. The number of nitrogens with zero attached hydrogens (tertiary/aromatic N) is 1. The monoisotopic (exact) mass is 476 g/mol. The fourth-order valence-corrected chi connectivity index (χ4v) is 6.52. The Kier molecular flexibility index (Phi) is 4.32. The third-order valence-electron chi connectivity index (χ3n) is 8.09. The third-order valence-corrected chi connectivity index (χ3v) is 8.09. The number of anilines is 2. The molecule has 0 unspecified atom stereocenters. The van der Waals surface area contributed by atoms with E-state index in [1.807, 2.05) is 73.8 Å². The smallest absolute Gasteiger partial charge is 0.250 e. The van der Waals surface area contributed by atoms with E-state index in [1.165, 1.54) is 4.90 Å². The van der Waals surface area contributed by atoms with Crippen LogP contribution in [0, 0.1) is 18.8 Å². The molecule has 2 fully saturated rings. The van der Waals surface area contributed by atoms with Gasteiger partial charge in [-0.25, -0.2) is 4.90 Å². The van der Waals surface area contributed by atoms with Gasteiger partial charge in [0, 0.05) is 34.4 Å². The van der Waals surface area contributed by atoms with Crippen molar-refractivity contribution in [3.63, 3.8) is 0 Å². The molecule has 0 saturated carbocycles. The van der Waals surface area contributed by atoms with Gasteiger partial charge >= 0.3 is 0 Å². The first-order chi connectivity index (χ1) is 17.5. The number of aromatic amines is 1. The number of hydrogen-bond acceptors (Lipinski definition) is 4. The summed E-state index contributed by atoms with van der Waals surface area (Å²) in [5.74, 6) is -2.40. The van der Waals surface area contributed by atoms with Gasteiger partial charge in [0.1, 0.15) is 5.54 Å². The van der Waals surface area contributed by atoms with Crippen molar-refractivity contribution in [1.29, 1.82) is 0 Å². The van der Waals surface area contributed by atoms with Gasteiger partial charge in [0.25, 0.3) is 0 Å². The maximum atomic E-state index is 14.0. The number of H-pyrrole nitrogens is 1. The summed E-state index contributed by atoms with van der Waals surface area (Å²) in [5, 5.41) is 7.63. The number of rotatable bonds is 3. The fourth-order valence-electron chi connectivity index (χ4n) is 6.52. The summed E-state index contributed by atoms with van der Waals surface area (Å²) in [5.41, 5.74) is 3.66. The standard InChI is InChI=1S/C29H24N4O3/c1-16-8-7-12-20-25(16)31-28(36)29(20)24-23(26(34)33(27(24)35)18-9-3-2-4-10-18)22(32-29)14-17-15-30-21-13-6-5-11-19(17)21/h2-13,15,22-24,30,32H,14H2,1H3,(H,31,36)/t22-,23+,24-,29+/m0/s1. The molecular weight excluding hydrogens is 452 g/mol. The molecule has 7 rings (SSSR count). The highest BCUT2D eigenvalue weighted by atomic mass is 16.2. The Morgan fingerprint density at radius 3 is 2.50 bits per heavy atom. The van der Waals surface area contributed by atoms with Gasteiger partial charge in [-0.2, -0.15) is 0 Å². The van der Waals surface area contributed by atoms with Gasteiger partial charge in [-0.05, 0) is 42.7 Å². The lowest BCUT2D eigenvalue weighted by molar-refractivity contribution is -0.130. The van der Waals surface area contributed by atoms with Crippen molar-refractivity contribution < 1.29 is 14.4 Å². The quantitative estimate of drug-likeness (QED) is 0.394. The molecule has 36 heavy (non-hydrogen) atoms. The second kappa shape index (κ2) is 7.38. The number of carbonyl (C=O) groups is 3. The van der Waals surface area contributed by atoms with Crippen LogP contribution in [0.25, 0.3) is 10.9 Å². The highest BCUT2D eigenvalue weighted by Gasteiger charge is 2.70. The number of benzene rings is 3. The van der Waals surface area contributed by atoms with E-state index in [2.05, 4.69) is 15.6 Å². The van der Waals surface area contributed by atoms with Crippen molar-refractivity contribution in [2.75, 3.05) is 10.2 Å². The zero-order valence-electron chi connectivity index (χ0n) is 19.6. The summed E-state index contributed by atoms with van der Waals surface area (Å²) < 4.78 is 0. The molecular formula is C29H24N4O3. The molecule has 3 aromatic carbocycles. The molecule has 0 radical (unpaired) electrons. The molecule has 1 spiro atoms. The predicted molar refractivity (Wildman–Crippen MR) is 136 cm³/mol. The number of hydrogen-bond donors (Lipinski definition) is 3. The average Bonchev–Trinajstić information content (AvgIpc) is 3.60. The lowest BCUT2D eigenvalue weighted by Crippen LogP contribution is -2.53. The van der Waals surface area contributed by atoms with Crippen LogP contribution in [0.15, 0.2) is 79.0 Å². The van der Waals surface area contributed by atoms with Gasteiger partial charge in [0.05, 0.1) is 17.5 Å². The second-order valence-electron chi connectivity index (χ2n) is 9.92. The van der Waals surface area contributed by atoms with Crippen molar-refractivity contribution in [3.05, 3.63) is 95.7 Å². The van der Waals surface area contributed by atoms with E-state index in [1.54, 1.807) is 12.1 Å². The average molecular weight is 477 g/mol. The summed E-state index contributed by atoms with van der Waals surface area (Å²) in [6, 6.07) is 22.3. The molecule has 7 heteroatoms. The minimum atomic E-state index is -1.31. The molecule has 0 bridgehead atoms. The normalized spacial score (nSPS) is 26.6. The molecule has 178 valence electrons. The lowest BCUT2D eigenvalue weighted by atomic mass is 9.76. The van der Waals surface area contributed by atoms with Crippen LogP contribution < -0.4 is 15.5 Å². The van der Waals surface area contributed by atoms with E-state index in [0.29, 0.717) is 12.1 Å². The van der Waals surface area contributed by atoms with Crippen LogP contribution in [0.1, 0.15) is 16.7 Å². The van der Waals surface area contributed by atoms with E-state index in [-0.39, 0.29) is 17.7 Å². The number of aromatic nitrogens is 1. The Hall–Kier alpha value is -4.23. The van der Waals surface area contributed by atoms with Gasteiger partial charge in [-0.3, -0.25) is 19.7 Å². The predicted octanol–water partition coefficient (Wildman–Crippen LogP) is 3.64. The van der Waals surface area contributed by atoms with Crippen molar-refractivity contribution >= 4 is 40.0 Å². The Balaban J connectivity index is 1.39. The Bertz CT molecular complexity index is 1580. The van der Waals surface area contributed by atoms with E-state index < -0.39 is 23.4 Å². The van der Waals surface area contributed by atoms with E-state index >= 15 is 0 Å². The first kappa shape index (κ1) is 21.1. The molecule has 1 aromatic heterocycles. The third kappa shape index (κ3) is 2.63. The van der Waals surface area contributed by atoms with Crippen LogP contribution in [0.2, 0.25) is 0 Å². The Morgan fingerprint density at radius 1 is 0.889 bits per heavy atom. The zero-order chi connectivity index (χ0) is 24.6. The Labute approximate surface area is 207 Å². The highest BCUT2D eigenvalue weighted by Crippen LogP contribution is 2.54. The number of nitrogens with one attached hydrogen (secondary N) is 3. The molecule has 3 aliphatic heterocycles. The fraction of sp³-hybridized carbons (Fsp3) is 0.207. The van der Waals surface area contributed by atoms with Crippen LogP contribution in [0.4, 0.5) is 11.4 Å². The lowest BCUT2D eigenvalue weighted by Gasteiger charge is -2.29. The van der Waals surface area contributed by atoms with E-state index in [4.69, 9.17) is 0 Å². The molecule has 4 atom stereocenters. The summed E-state index contributed by atoms with van der Waals surface area (Å²) in [4.78, 5) is 46.3. The number of aryl methyl sites for hydroxylation is 1. The summed E-state index contributed by atoms with van der Waals surface area (Å²) in [6.07, 6.45) is 2.46. The van der Waals surface area contributed by atoms with Crippen LogP contribution in [0.3, 0.4) is 0 Å². The first-order valence-corrected chi connectivity index (χ1v) is 12.2. The molecule has 3 N–H and O–H groups in total. The number of para-hydroxylation sites is 3. The van der Waals surface area contributed by atoms with Crippen molar-refractivity contribution in [3.8, 4) is 0 Å². The van der Waals surface area contributed by atoms with Crippen LogP contribution >= 0.6 is 0 Å². The van der Waals surface area contributed by atoms with Gasteiger partial charge < -0.3 is 10.3 Å². The minimum Gasteiger partial charge on any atom is -0.361 e. The van der Waals surface area contributed by atoms with E-state index in [9.17, 15) is 14.4 Å². The SMILES string of the molecule is Cc1cccc2c1NC(=O)[C@@]21N[C@@H](Cc2c[nH]c3ccccc23)[C@H]2C(=O)N(c3ccccc3)C(=O)[C@H]21. The Morgan fingerprint density at radius 2 is 1.67 bits per heavy atom. The van der Waals surface area contributed by atoms with Gasteiger partial charge in [-0.1, -0.05) is 54.6 Å². The topological polar surface area (TPSA) is 94.3 Å². The van der Waals surface area contributed by atoms with E-state index in [0.717, 1.165) is 33.3 Å². The van der Waals surface area contributed by atoms with Crippen LogP contribution in [0.5, 0.6) is 0 Å². The number of fused-ring (bicyclic) bond motifs is 5. The maximum absolute atomic E-state index is 14.0. The van der Waals surface area contributed by atoms with Crippen LogP contribution in [-0.2, 0) is 26.3 Å². The molecule has 4 heterocycles. The molecule has 2 saturated heterocycles. The first-order valence-electron chi connectivity index (χ1n) is 12.2. The molecule has 4 aromatic rings. The van der Waals surface area contributed by atoms with Gasteiger partial charge in [0.15, 0.2) is 0 Å². The zero-order valence-corrected chi connectivity index (χ0v) is 19.6. The van der Waals surface area contributed by atoms with Gasteiger partial charge in [0.2, 0.25) is 17.7 Å². The highest BCUT2D eigenvalue weighted by molar-refractivity contribution is 6.25. The number of amides is 3. The van der Waals surface area contributed by atoms with Crippen LogP contribution in [-0.4, -0.2) is 28.7 Å². The molecule has 3 amide bonds. The largest absolute Gasteiger partial charge is 0.361 e. The van der Waals surface area contributed by atoms with Crippen molar-refractivity contribution in [1.82, 2.24) is 10.3 Å². The molecule has 7 nitrogen and oxygen atoms in total. The summed E-state index contributed by atoms with van der Waals surface area (Å²) in [7, 11) is 0. The second-order valence-corrected chi connectivity index (χ2v) is 9.92. The molecule has 0 aliphatic carbocycles. The number of imide groups is 1. The molecule has 3 aliphatic rings. The van der Waals surface area contributed by atoms with Gasteiger partial charge in [-0.15, -0.1) is 0 Å². The van der Waals surface area contributed by atoms with Crippen molar-refractivity contribution in [2.24, 2.45) is 11.8 Å². The summed E-state index contributed by atoms with van der Waals surface area (Å²) >= 11 is 0. The summed E-state index contributed by atoms with van der Waals surface area (Å²) in [6.45, 7) is 1.94. The van der Waals surface area contributed by atoms with Crippen molar-refractivity contribution in [2.45, 2.75) is 24.9 Å². The maximum Gasteiger partial charge on any atom is 0.250 e.